The largest absolute Gasteiger partial charge is 0.494 e. The first-order valence-corrected chi connectivity index (χ1v) is 10.7. The summed E-state index contributed by atoms with van der Waals surface area (Å²) >= 11 is 3.29. The summed E-state index contributed by atoms with van der Waals surface area (Å²) in [5.74, 6) is 0.194. The highest BCUT2D eigenvalue weighted by molar-refractivity contribution is 9.10. The normalized spacial score (nSPS) is 11.4. The van der Waals surface area contributed by atoms with Crippen molar-refractivity contribution in [1.82, 2.24) is 5.43 Å². The van der Waals surface area contributed by atoms with E-state index in [0.29, 0.717) is 16.8 Å². The van der Waals surface area contributed by atoms with Crippen molar-refractivity contribution in [3.63, 3.8) is 0 Å². The van der Waals surface area contributed by atoms with E-state index < -0.39 is 15.9 Å². The van der Waals surface area contributed by atoms with Crippen LogP contribution in [0.15, 0.2) is 58.1 Å². The van der Waals surface area contributed by atoms with E-state index in [2.05, 4.69) is 26.5 Å². The van der Waals surface area contributed by atoms with Gasteiger partial charge in [-0.25, -0.2) is 13.8 Å². The van der Waals surface area contributed by atoms with Crippen LogP contribution < -0.4 is 14.5 Å². The molecule has 9 heteroatoms. The Balaban J connectivity index is 2.01. The van der Waals surface area contributed by atoms with Gasteiger partial charge < -0.3 is 4.74 Å². The van der Waals surface area contributed by atoms with Crippen molar-refractivity contribution in [1.29, 1.82) is 0 Å². The fraction of sp³-hybridized carbons (Fsp3) is 0.222. The number of nitrogens with zero attached hydrogens (tertiary/aromatic N) is 2. The zero-order valence-corrected chi connectivity index (χ0v) is 17.3. The van der Waals surface area contributed by atoms with Crippen LogP contribution >= 0.6 is 15.9 Å². The number of sulfonamides is 1. The van der Waals surface area contributed by atoms with Gasteiger partial charge in [0.15, 0.2) is 0 Å². The minimum atomic E-state index is -3.63. The van der Waals surface area contributed by atoms with E-state index in [-0.39, 0.29) is 6.54 Å². The van der Waals surface area contributed by atoms with E-state index in [1.54, 1.807) is 48.5 Å². The number of nitrogens with one attached hydrogen (secondary N) is 1. The smallest absolute Gasteiger partial charge is 0.260 e. The highest BCUT2D eigenvalue weighted by Gasteiger charge is 2.20. The maximum Gasteiger partial charge on any atom is 0.260 e. The van der Waals surface area contributed by atoms with Gasteiger partial charge in [0.1, 0.15) is 12.3 Å². The van der Waals surface area contributed by atoms with Gasteiger partial charge in [-0.3, -0.25) is 9.10 Å². The molecule has 0 aliphatic heterocycles. The number of amides is 1. The van der Waals surface area contributed by atoms with E-state index >= 15 is 0 Å². The average Bonchev–Trinajstić information content (AvgIpc) is 2.60. The van der Waals surface area contributed by atoms with Gasteiger partial charge in [0.2, 0.25) is 10.0 Å². The third-order valence-corrected chi connectivity index (χ3v) is 5.01. The number of halogens is 1. The molecule has 2 rings (SSSR count). The summed E-state index contributed by atoms with van der Waals surface area (Å²) in [6.07, 6.45) is 2.52. The fourth-order valence-corrected chi connectivity index (χ4v) is 3.43. The predicted molar refractivity (Wildman–Crippen MR) is 110 cm³/mol. The van der Waals surface area contributed by atoms with Crippen LogP contribution in [0.3, 0.4) is 0 Å². The molecule has 0 aliphatic carbocycles. The summed E-state index contributed by atoms with van der Waals surface area (Å²) in [5, 5.41) is 3.87. The van der Waals surface area contributed by atoms with Gasteiger partial charge in [-0.2, -0.15) is 5.10 Å². The Morgan fingerprint density at radius 3 is 2.56 bits per heavy atom. The third-order valence-electron chi connectivity index (χ3n) is 3.38. The number of hydrogen-bond acceptors (Lipinski definition) is 5. The quantitative estimate of drug-likeness (QED) is 0.491. The number of hydrazone groups is 1. The zero-order valence-electron chi connectivity index (χ0n) is 14.9. The lowest BCUT2D eigenvalue weighted by atomic mass is 10.2. The highest BCUT2D eigenvalue weighted by atomic mass is 79.9. The monoisotopic (exact) mass is 453 g/mol. The molecule has 0 atom stereocenters. The van der Waals surface area contributed by atoms with Gasteiger partial charge in [0, 0.05) is 4.47 Å². The lowest BCUT2D eigenvalue weighted by Gasteiger charge is -2.21. The first kappa shape index (κ1) is 20.9. The average molecular weight is 454 g/mol. The molecule has 144 valence electrons. The minimum Gasteiger partial charge on any atom is -0.494 e. The maximum absolute atomic E-state index is 12.1. The standard InChI is InChI=1S/C18H20BrN3O4S/c1-3-26-17-9-7-14(8-10-17)12-20-21-18(23)13-22(27(2,24)25)16-6-4-5-15(19)11-16/h4-12H,3,13H2,1-2H3,(H,21,23)/b20-12+. The molecule has 0 saturated carbocycles. The molecule has 0 spiro atoms. The molecule has 0 heterocycles. The van der Waals surface area contributed by atoms with Crippen molar-refractivity contribution in [3.05, 3.63) is 58.6 Å². The molecule has 0 unspecified atom stereocenters. The number of rotatable bonds is 8. The number of anilines is 1. The second-order valence-corrected chi connectivity index (χ2v) is 8.37. The van der Waals surface area contributed by atoms with E-state index in [4.69, 9.17) is 4.74 Å². The molecule has 7 nitrogen and oxygen atoms in total. The van der Waals surface area contributed by atoms with Gasteiger partial charge in [-0.15, -0.1) is 0 Å². The minimum absolute atomic E-state index is 0.379. The Kier molecular flexibility index (Phi) is 7.37. The SMILES string of the molecule is CCOc1ccc(/C=N/NC(=O)CN(c2cccc(Br)c2)S(C)(=O)=O)cc1. The lowest BCUT2D eigenvalue weighted by molar-refractivity contribution is -0.119. The van der Waals surface area contributed by atoms with Gasteiger partial charge in [-0.1, -0.05) is 22.0 Å². The van der Waals surface area contributed by atoms with Gasteiger partial charge in [0.25, 0.3) is 5.91 Å². The Hall–Kier alpha value is -2.39. The van der Waals surface area contributed by atoms with Crippen molar-refractivity contribution >= 4 is 43.8 Å². The number of carbonyl (C=O) groups is 1. The summed E-state index contributed by atoms with van der Waals surface area (Å²) in [6.45, 7) is 2.10. The maximum atomic E-state index is 12.1. The highest BCUT2D eigenvalue weighted by Crippen LogP contribution is 2.21. The van der Waals surface area contributed by atoms with E-state index in [1.165, 1.54) is 6.21 Å². The molecule has 27 heavy (non-hydrogen) atoms. The molecule has 1 amide bonds. The van der Waals surface area contributed by atoms with E-state index in [9.17, 15) is 13.2 Å². The van der Waals surface area contributed by atoms with Gasteiger partial charge >= 0.3 is 0 Å². The molecule has 0 aliphatic rings. The van der Waals surface area contributed by atoms with E-state index in [1.807, 2.05) is 6.92 Å². The first-order valence-electron chi connectivity index (χ1n) is 8.07. The topological polar surface area (TPSA) is 88.1 Å². The Labute approximate surface area is 167 Å². The zero-order chi connectivity index (χ0) is 19.9. The molecular formula is C18H20BrN3O4S. The predicted octanol–water partition coefficient (Wildman–Crippen LogP) is 2.76. The summed E-state index contributed by atoms with van der Waals surface area (Å²) < 4.78 is 31.2. The second kappa shape index (κ2) is 9.52. The van der Waals surface area contributed by atoms with Crippen LogP contribution in [0.1, 0.15) is 12.5 Å². The molecule has 1 N–H and O–H groups in total. The molecule has 0 fully saturated rings. The molecule has 2 aromatic carbocycles. The van der Waals surface area contributed by atoms with Crippen LogP contribution in [0.5, 0.6) is 5.75 Å². The molecule has 0 aromatic heterocycles. The van der Waals surface area contributed by atoms with Crippen LogP contribution in [0.4, 0.5) is 5.69 Å². The number of ether oxygens (including phenoxy) is 1. The van der Waals surface area contributed by atoms with Crippen LogP contribution in [0.2, 0.25) is 0 Å². The summed E-state index contributed by atoms with van der Waals surface area (Å²) in [4.78, 5) is 12.1. The Morgan fingerprint density at radius 1 is 1.26 bits per heavy atom. The Bertz CT molecular complexity index is 914. The summed E-state index contributed by atoms with van der Waals surface area (Å²) in [5.41, 5.74) is 3.50. The molecule has 0 bridgehead atoms. The van der Waals surface area contributed by atoms with Crippen molar-refractivity contribution in [2.45, 2.75) is 6.92 Å². The lowest BCUT2D eigenvalue weighted by Crippen LogP contribution is -2.39. The number of hydrogen-bond donors (Lipinski definition) is 1. The van der Waals surface area contributed by atoms with Crippen LogP contribution in [-0.2, 0) is 14.8 Å². The van der Waals surface area contributed by atoms with Crippen molar-refractivity contribution < 1.29 is 17.9 Å². The van der Waals surface area contributed by atoms with Crippen LogP contribution in [0, 0.1) is 0 Å². The molecule has 0 radical (unpaired) electrons. The fourth-order valence-electron chi connectivity index (χ4n) is 2.19. The number of carbonyl (C=O) groups excluding carboxylic acids is 1. The first-order chi connectivity index (χ1) is 12.8. The summed E-state index contributed by atoms with van der Waals surface area (Å²) in [7, 11) is -3.63. The van der Waals surface area contributed by atoms with Gasteiger partial charge in [-0.05, 0) is 55.0 Å². The third kappa shape index (κ3) is 6.69. The van der Waals surface area contributed by atoms with Crippen molar-refractivity contribution in [2.24, 2.45) is 5.10 Å². The number of benzene rings is 2. The molecule has 2 aromatic rings. The Morgan fingerprint density at radius 2 is 1.96 bits per heavy atom. The van der Waals surface area contributed by atoms with Crippen molar-refractivity contribution in [2.75, 3.05) is 23.7 Å². The van der Waals surface area contributed by atoms with Gasteiger partial charge in [0.05, 0.1) is 24.8 Å². The second-order valence-electron chi connectivity index (χ2n) is 5.54. The molecule has 0 saturated heterocycles. The van der Waals surface area contributed by atoms with Crippen molar-refractivity contribution in [3.8, 4) is 5.75 Å². The summed E-state index contributed by atoms with van der Waals surface area (Å²) in [6, 6.07) is 13.9. The van der Waals surface area contributed by atoms with Crippen LogP contribution in [0.25, 0.3) is 0 Å². The van der Waals surface area contributed by atoms with E-state index in [0.717, 1.165) is 21.9 Å². The molecular weight excluding hydrogens is 434 g/mol. The van der Waals surface area contributed by atoms with Crippen LogP contribution in [-0.4, -0.2) is 39.9 Å².